The topological polar surface area (TPSA) is 64.7 Å². The van der Waals surface area contributed by atoms with Crippen molar-refractivity contribution in [1.29, 1.82) is 0 Å². The third-order valence-corrected chi connectivity index (χ3v) is 3.19. The van der Waals surface area contributed by atoms with Crippen LogP contribution in [0.5, 0.6) is 11.5 Å². The van der Waals surface area contributed by atoms with E-state index in [1.165, 1.54) is 0 Å². The van der Waals surface area contributed by atoms with E-state index in [0.717, 1.165) is 28.0 Å². The van der Waals surface area contributed by atoms with Gasteiger partial charge in [0.1, 0.15) is 11.5 Å². The molecule has 1 heterocycles. The van der Waals surface area contributed by atoms with Gasteiger partial charge in [-0.1, -0.05) is 11.8 Å². The minimum absolute atomic E-state index is 0.523. The Labute approximate surface area is 99.5 Å². The van der Waals surface area contributed by atoms with Crippen molar-refractivity contribution in [3.05, 3.63) is 17.7 Å². The number of ether oxygens (including phenoxy) is 2. The van der Waals surface area contributed by atoms with Crippen molar-refractivity contribution in [2.45, 2.75) is 16.3 Å². The van der Waals surface area contributed by atoms with Gasteiger partial charge in [0.25, 0.3) is 0 Å². The van der Waals surface area contributed by atoms with E-state index in [1.54, 1.807) is 19.2 Å². The molecule has 1 aromatic rings. The predicted octanol–water partition coefficient (Wildman–Crippen LogP) is 0.453. The monoisotopic (exact) mass is 237 g/mol. The van der Waals surface area contributed by atoms with E-state index in [-0.39, 0.29) is 0 Å². The van der Waals surface area contributed by atoms with E-state index in [0.29, 0.717) is 18.7 Å². The molecule has 0 bridgehead atoms. The van der Waals surface area contributed by atoms with Crippen molar-refractivity contribution in [2.75, 3.05) is 13.7 Å². The Morgan fingerprint density at radius 2 is 2.38 bits per heavy atom. The normalized spacial score (nSPS) is 22.7. The maximum Gasteiger partial charge on any atom is 0.207 e. The summed E-state index contributed by atoms with van der Waals surface area (Å²) >= 11 is 1.05. The molecule has 0 spiro atoms. The highest BCUT2D eigenvalue weighted by Crippen LogP contribution is 2.47. The van der Waals surface area contributed by atoms with Crippen LogP contribution in [-0.2, 0) is 6.42 Å². The van der Waals surface area contributed by atoms with E-state index in [1.807, 2.05) is 0 Å². The van der Waals surface area contributed by atoms with Crippen molar-refractivity contribution < 1.29 is 14.6 Å². The first-order valence-corrected chi connectivity index (χ1v) is 5.67. The van der Waals surface area contributed by atoms with E-state index < -0.39 is 5.02 Å². The molecular formula is C10H12BNO3S. The zero-order chi connectivity index (χ0) is 11.8. The zero-order valence-electron chi connectivity index (χ0n) is 8.90. The average molecular weight is 237 g/mol. The van der Waals surface area contributed by atoms with Crippen LogP contribution in [0.1, 0.15) is 5.56 Å². The van der Waals surface area contributed by atoms with Gasteiger partial charge in [-0.2, -0.15) is 0 Å². The van der Waals surface area contributed by atoms with Gasteiger partial charge >= 0.3 is 0 Å². The third kappa shape index (κ3) is 2.14. The fourth-order valence-electron chi connectivity index (χ4n) is 1.62. The molecule has 1 aliphatic heterocycles. The fourth-order valence-corrected chi connectivity index (χ4v) is 2.43. The third-order valence-electron chi connectivity index (χ3n) is 2.27. The van der Waals surface area contributed by atoms with E-state index in [4.69, 9.17) is 23.1 Å². The SMILES string of the molecule is [B]C1(O)Oc2cc(CCN)c(OC)cc2S1. The summed E-state index contributed by atoms with van der Waals surface area (Å²) < 4.78 is 10.4. The van der Waals surface area contributed by atoms with Gasteiger partial charge < -0.3 is 20.3 Å². The standard InChI is InChI=1S/C10H12BNO3S/c1-14-7-5-9-8(4-6(7)2-3-12)15-10(11,13)16-9/h4-5,13H,2-3,12H2,1H3. The van der Waals surface area contributed by atoms with Crippen molar-refractivity contribution in [3.63, 3.8) is 0 Å². The first-order chi connectivity index (χ1) is 7.55. The number of hydrogen-bond donors (Lipinski definition) is 2. The molecule has 4 nitrogen and oxygen atoms in total. The number of fused-ring (bicyclic) bond motifs is 1. The molecule has 0 aliphatic carbocycles. The highest BCUT2D eigenvalue weighted by Gasteiger charge is 2.33. The van der Waals surface area contributed by atoms with E-state index >= 15 is 0 Å². The quantitative estimate of drug-likeness (QED) is 0.747. The molecular weight excluding hydrogens is 225 g/mol. The molecule has 0 amide bonds. The number of thioether (sulfide) groups is 1. The molecule has 0 saturated heterocycles. The summed E-state index contributed by atoms with van der Waals surface area (Å²) in [6.07, 6.45) is 0.688. The maximum absolute atomic E-state index is 9.55. The van der Waals surface area contributed by atoms with Crippen LogP contribution in [0, 0.1) is 0 Å². The zero-order valence-corrected chi connectivity index (χ0v) is 9.71. The molecule has 84 valence electrons. The van der Waals surface area contributed by atoms with E-state index in [2.05, 4.69) is 0 Å². The van der Waals surface area contributed by atoms with Crippen LogP contribution in [0.4, 0.5) is 0 Å². The molecule has 2 radical (unpaired) electrons. The predicted molar refractivity (Wildman–Crippen MR) is 62.9 cm³/mol. The summed E-state index contributed by atoms with van der Waals surface area (Å²) in [5, 5.41) is 7.87. The molecule has 1 aromatic carbocycles. The number of hydrogen-bond acceptors (Lipinski definition) is 5. The van der Waals surface area contributed by atoms with Gasteiger partial charge in [-0.05, 0) is 30.7 Å². The number of benzene rings is 1. The van der Waals surface area contributed by atoms with Crippen molar-refractivity contribution in [2.24, 2.45) is 5.73 Å². The number of methoxy groups -OCH3 is 1. The Balaban J connectivity index is 2.38. The number of rotatable bonds is 3. The molecule has 16 heavy (non-hydrogen) atoms. The lowest BCUT2D eigenvalue weighted by atomic mass is 10.1. The second kappa shape index (κ2) is 4.20. The molecule has 0 fully saturated rings. The fraction of sp³-hybridized carbons (Fsp3) is 0.400. The lowest BCUT2D eigenvalue weighted by Crippen LogP contribution is -2.27. The molecule has 3 N–H and O–H groups in total. The Hall–Kier alpha value is -0.845. The Bertz CT molecular complexity index is 411. The Kier molecular flexibility index (Phi) is 3.05. The first-order valence-electron chi connectivity index (χ1n) is 4.86. The van der Waals surface area contributed by atoms with Crippen LogP contribution in [0.25, 0.3) is 0 Å². The van der Waals surface area contributed by atoms with Crippen LogP contribution in [0.2, 0.25) is 0 Å². The van der Waals surface area contributed by atoms with Crippen LogP contribution in [0.15, 0.2) is 17.0 Å². The maximum atomic E-state index is 9.55. The smallest absolute Gasteiger partial charge is 0.207 e. The molecule has 0 saturated carbocycles. The van der Waals surface area contributed by atoms with Crippen LogP contribution in [0.3, 0.4) is 0 Å². The summed E-state index contributed by atoms with van der Waals surface area (Å²) in [5.74, 6) is 1.30. The van der Waals surface area contributed by atoms with Crippen molar-refractivity contribution in [1.82, 2.24) is 0 Å². The number of aliphatic hydroxyl groups is 1. The van der Waals surface area contributed by atoms with Gasteiger partial charge in [-0.25, -0.2) is 0 Å². The highest BCUT2D eigenvalue weighted by atomic mass is 32.2. The summed E-state index contributed by atoms with van der Waals surface area (Å²) in [6, 6.07) is 3.61. The summed E-state index contributed by atoms with van der Waals surface area (Å²) in [7, 11) is 7.07. The van der Waals surface area contributed by atoms with E-state index in [9.17, 15) is 5.11 Å². The lowest BCUT2D eigenvalue weighted by Gasteiger charge is -2.14. The highest BCUT2D eigenvalue weighted by molar-refractivity contribution is 8.01. The van der Waals surface area contributed by atoms with Crippen LogP contribution >= 0.6 is 11.8 Å². The van der Waals surface area contributed by atoms with Gasteiger partial charge in [-0.15, -0.1) is 0 Å². The molecule has 6 heteroatoms. The molecule has 1 unspecified atom stereocenters. The first kappa shape index (κ1) is 11.6. The van der Waals surface area contributed by atoms with Gasteiger partial charge in [0.05, 0.1) is 12.0 Å². The number of nitrogens with two attached hydrogens (primary N) is 1. The van der Waals surface area contributed by atoms with Gasteiger partial charge in [0.2, 0.25) is 5.02 Å². The Morgan fingerprint density at radius 1 is 1.62 bits per heavy atom. The summed E-state index contributed by atoms with van der Waals surface area (Å²) in [6.45, 7) is 0.523. The summed E-state index contributed by atoms with van der Waals surface area (Å²) in [4.78, 5) is 0.766. The minimum atomic E-state index is -1.69. The van der Waals surface area contributed by atoms with Crippen LogP contribution < -0.4 is 15.2 Å². The van der Waals surface area contributed by atoms with Crippen molar-refractivity contribution >= 4 is 19.6 Å². The van der Waals surface area contributed by atoms with Gasteiger partial charge in [0.15, 0.2) is 7.85 Å². The molecule has 1 atom stereocenters. The lowest BCUT2D eigenvalue weighted by molar-refractivity contribution is 0.0269. The molecule has 0 aromatic heterocycles. The second-order valence-corrected chi connectivity index (χ2v) is 4.71. The molecule has 2 rings (SSSR count). The van der Waals surface area contributed by atoms with Crippen molar-refractivity contribution in [3.8, 4) is 11.5 Å². The average Bonchev–Trinajstić information content (AvgIpc) is 2.50. The van der Waals surface area contributed by atoms with Crippen LogP contribution in [-0.4, -0.2) is 31.6 Å². The Morgan fingerprint density at radius 3 is 3.00 bits per heavy atom. The van der Waals surface area contributed by atoms with Gasteiger partial charge in [0, 0.05) is 0 Å². The largest absolute Gasteiger partial charge is 0.496 e. The second-order valence-electron chi connectivity index (χ2n) is 3.48. The van der Waals surface area contributed by atoms with Gasteiger partial charge in [-0.3, -0.25) is 0 Å². The summed E-state index contributed by atoms with van der Waals surface area (Å²) in [5.41, 5.74) is 6.45. The minimum Gasteiger partial charge on any atom is -0.496 e. The molecule has 1 aliphatic rings.